The summed E-state index contributed by atoms with van der Waals surface area (Å²) < 4.78 is 138. The number of halogens is 6. The van der Waals surface area contributed by atoms with Gasteiger partial charge in [0.05, 0.1) is 26.7 Å². The van der Waals surface area contributed by atoms with E-state index in [1.165, 1.54) is 30.0 Å². The van der Waals surface area contributed by atoms with Crippen molar-refractivity contribution >= 4 is 43.2 Å². The summed E-state index contributed by atoms with van der Waals surface area (Å²) in [7, 11) is -9.18. The SMILES string of the molecule is CSc1ccc(-c2ccc(NS(=O)(=O)c3cccc(C(F)(F)F)c3)c(NS(=O)(=O)c3ccc(OC(F)(F)F)cc3)c2)cc1. The molecule has 4 rings (SSSR count). The zero-order valence-corrected chi connectivity index (χ0v) is 24.1. The number of rotatable bonds is 9. The van der Waals surface area contributed by atoms with E-state index >= 15 is 0 Å². The molecule has 2 N–H and O–H groups in total. The Morgan fingerprint density at radius 1 is 0.651 bits per heavy atom. The van der Waals surface area contributed by atoms with Crippen molar-refractivity contribution in [3.63, 3.8) is 0 Å². The van der Waals surface area contributed by atoms with Gasteiger partial charge in [-0.05, 0) is 84.1 Å². The molecular weight excluding hydrogens is 642 g/mol. The molecule has 0 fully saturated rings. The van der Waals surface area contributed by atoms with E-state index in [1.54, 1.807) is 24.3 Å². The van der Waals surface area contributed by atoms with Crippen LogP contribution in [0.1, 0.15) is 5.56 Å². The molecule has 228 valence electrons. The third-order valence-corrected chi connectivity index (χ3v) is 9.26. The third-order valence-electron chi connectivity index (χ3n) is 5.77. The highest BCUT2D eigenvalue weighted by Crippen LogP contribution is 2.35. The fraction of sp³-hybridized carbons (Fsp3) is 0.111. The predicted molar refractivity (Wildman–Crippen MR) is 150 cm³/mol. The lowest BCUT2D eigenvalue weighted by molar-refractivity contribution is -0.274. The minimum atomic E-state index is -5.00. The molecule has 0 aliphatic carbocycles. The van der Waals surface area contributed by atoms with Gasteiger partial charge in [-0.2, -0.15) is 13.2 Å². The van der Waals surface area contributed by atoms with Crippen molar-refractivity contribution in [2.75, 3.05) is 15.7 Å². The van der Waals surface area contributed by atoms with Gasteiger partial charge in [-0.25, -0.2) is 16.8 Å². The molecule has 4 aromatic rings. The molecule has 0 saturated heterocycles. The Labute approximate surface area is 247 Å². The number of hydrogen-bond donors (Lipinski definition) is 2. The van der Waals surface area contributed by atoms with E-state index < -0.39 is 53.7 Å². The second-order valence-electron chi connectivity index (χ2n) is 8.74. The Kier molecular flexibility index (Phi) is 8.95. The molecule has 0 aliphatic heterocycles. The Balaban J connectivity index is 1.74. The number of benzene rings is 4. The molecular formula is C27H20F6N2O5S3. The van der Waals surface area contributed by atoms with Crippen LogP contribution in [0.4, 0.5) is 37.7 Å². The maximum atomic E-state index is 13.2. The number of alkyl halides is 6. The third kappa shape index (κ3) is 8.14. The molecule has 0 bridgehead atoms. The summed E-state index contributed by atoms with van der Waals surface area (Å²) in [4.78, 5) is -0.273. The summed E-state index contributed by atoms with van der Waals surface area (Å²) in [6, 6.07) is 17.3. The summed E-state index contributed by atoms with van der Waals surface area (Å²) in [5.74, 6) is -0.670. The van der Waals surface area contributed by atoms with Crippen LogP contribution in [0, 0.1) is 0 Å². The number of anilines is 2. The maximum absolute atomic E-state index is 13.2. The summed E-state index contributed by atoms with van der Waals surface area (Å²) >= 11 is 1.48. The van der Waals surface area contributed by atoms with Gasteiger partial charge in [0.1, 0.15) is 5.75 Å². The van der Waals surface area contributed by atoms with Crippen molar-refractivity contribution in [1.82, 2.24) is 0 Å². The van der Waals surface area contributed by atoms with Crippen LogP contribution < -0.4 is 14.2 Å². The first kappa shape index (κ1) is 32.0. The van der Waals surface area contributed by atoms with Crippen molar-refractivity contribution in [3.05, 3.63) is 96.6 Å². The largest absolute Gasteiger partial charge is 0.573 e. The van der Waals surface area contributed by atoms with E-state index in [0.29, 0.717) is 23.3 Å². The molecule has 0 amide bonds. The Bertz CT molecular complexity index is 1830. The molecule has 0 saturated carbocycles. The Hall–Kier alpha value is -3.89. The minimum absolute atomic E-state index is 0.308. The molecule has 0 heterocycles. The summed E-state index contributed by atoms with van der Waals surface area (Å²) in [6.45, 7) is 0. The zero-order valence-electron chi connectivity index (χ0n) is 21.7. The van der Waals surface area contributed by atoms with Gasteiger partial charge >= 0.3 is 12.5 Å². The minimum Gasteiger partial charge on any atom is -0.406 e. The van der Waals surface area contributed by atoms with Gasteiger partial charge in [0.2, 0.25) is 0 Å². The molecule has 43 heavy (non-hydrogen) atoms. The number of sulfonamides is 2. The van der Waals surface area contributed by atoms with Crippen molar-refractivity contribution in [1.29, 1.82) is 0 Å². The van der Waals surface area contributed by atoms with Gasteiger partial charge in [-0.15, -0.1) is 24.9 Å². The zero-order chi connectivity index (χ0) is 31.6. The van der Waals surface area contributed by atoms with Crippen molar-refractivity contribution in [3.8, 4) is 16.9 Å². The standard InChI is InChI=1S/C27H20F6N2O5S3/c1-41-21-10-5-17(6-11-21)18-7-14-24(34-43(38,39)23-4-2-3-19(16-23)26(28,29)30)25(15-18)35-42(36,37)22-12-8-20(9-13-22)40-27(31,32)33/h2-16,34-35H,1H3. The van der Waals surface area contributed by atoms with Crippen LogP contribution in [-0.4, -0.2) is 29.5 Å². The number of nitrogens with one attached hydrogen (secondary N) is 2. The highest BCUT2D eigenvalue weighted by molar-refractivity contribution is 7.98. The highest BCUT2D eigenvalue weighted by atomic mass is 32.2. The quantitative estimate of drug-likeness (QED) is 0.142. The summed E-state index contributed by atoms with van der Waals surface area (Å²) in [5.41, 5.74) is -0.779. The molecule has 0 atom stereocenters. The topological polar surface area (TPSA) is 102 Å². The van der Waals surface area contributed by atoms with E-state index in [1.807, 2.05) is 6.26 Å². The fourth-order valence-electron chi connectivity index (χ4n) is 3.75. The molecule has 0 aromatic heterocycles. The van der Waals surface area contributed by atoms with Gasteiger partial charge < -0.3 is 4.74 Å². The lowest BCUT2D eigenvalue weighted by atomic mass is 10.0. The lowest BCUT2D eigenvalue weighted by Crippen LogP contribution is -2.19. The van der Waals surface area contributed by atoms with Gasteiger partial charge in [-0.1, -0.05) is 24.3 Å². The van der Waals surface area contributed by atoms with Crippen LogP contribution >= 0.6 is 11.8 Å². The Morgan fingerprint density at radius 2 is 1.23 bits per heavy atom. The summed E-state index contributed by atoms with van der Waals surface area (Å²) in [6.07, 6.45) is -7.95. The van der Waals surface area contributed by atoms with Crippen LogP contribution in [0.15, 0.2) is 106 Å². The average Bonchev–Trinajstić information content (AvgIpc) is 2.93. The van der Waals surface area contributed by atoms with E-state index in [2.05, 4.69) is 14.2 Å². The lowest BCUT2D eigenvalue weighted by Gasteiger charge is -2.17. The van der Waals surface area contributed by atoms with E-state index in [9.17, 15) is 43.2 Å². The number of ether oxygens (including phenoxy) is 1. The van der Waals surface area contributed by atoms with Crippen LogP contribution in [0.5, 0.6) is 5.75 Å². The van der Waals surface area contributed by atoms with Crippen LogP contribution in [0.3, 0.4) is 0 Å². The highest BCUT2D eigenvalue weighted by Gasteiger charge is 2.32. The van der Waals surface area contributed by atoms with Gasteiger partial charge in [-0.3, -0.25) is 9.44 Å². The van der Waals surface area contributed by atoms with E-state index in [4.69, 9.17) is 0 Å². The Morgan fingerprint density at radius 3 is 1.81 bits per heavy atom. The second kappa shape index (κ2) is 12.0. The first-order valence-corrected chi connectivity index (χ1v) is 16.0. The summed E-state index contributed by atoms with van der Waals surface area (Å²) in [5, 5.41) is 0. The first-order chi connectivity index (χ1) is 20.0. The average molecular weight is 663 g/mol. The number of hydrogen-bond acceptors (Lipinski definition) is 6. The van der Waals surface area contributed by atoms with Crippen LogP contribution in [0.2, 0.25) is 0 Å². The first-order valence-electron chi connectivity index (χ1n) is 11.8. The smallest absolute Gasteiger partial charge is 0.406 e. The normalized spacial score (nSPS) is 12.5. The predicted octanol–water partition coefficient (Wildman–Crippen LogP) is 7.59. The molecule has 0 spiro atoms. The molecule has 0 unspecified atom stereocenters. The molecule has 0 radical (unpaired) electrons. The molecule has 4 aromatic carbocycles. The van der Waals surface area contributed by atoms with Gasteiger partial charge in [0.15, 0.2) is 0 Å². The van der Waals surface area contributed by atoms with E-state index in [-0.39, 0.29) is 11.4 Å². The number of thioether (sulfide) groups is 1. The van der Waals surface area contributed by atoms with Crippen molar-refractivity contribution in [2.45, 2.75) is 27.2 Å². The van der Waals surface area contributed by atoms with Crippen LogP contribution in [0.25, 0.3) is 11.1 Å². The van der Waals surface area contributed by atoms with Gasteiger partial charge in [0.25, 0.3) is 20.0 Å². The molecule has 7 nitrogen and oxygen atoms in total. The molecule has 0 aliphatic rings. The van der Waals surface area contributed by atoms with Crippen LogP contribution in [-0.2, 0) is 26.2 Å². The van der Waals surface area contributed by atoms with E-state index in [0.717, 1.165) is 41.3 Å². The molecule has 16 heteroatoms. The second-order valence-corrected chi connectivity index (χ2v) is 13.0. The van der Waals surface area contributed by atoms with Crippen molar-refractivity contribution in [2.24, 2.45) is 0 Å². The van der Waals surface area contributed by atoms with Gasteiger partial charge in [0, 0.05) is 4.90 Å². The maximum Gasteiger partial charge on any atom is 0.573 e. The van der Waals surface area contributed by atoms with Crippen molar-refractivity contribution < 1.29 is 47.9 Å². The monoisotopic (exact) mass is 662 g/mol. The fourth-order valence-corrected chi connectivity index (χ4v) is 6.35.